The standard InChI is InChI=1S/C23H23ClN2O3/c1-17-10-12-18(13-11-17)16-25(2)23(28)20-7-5-9-22(27)26(20)14-15-29-21-8-4-3-6-19(21)24/h3-13H,14-16H2,1-2H3. The van der Waals surface area contributed by atoms with Crippen molar-refractivity contribution in [2.75, 3.05) is 13.7 Å². The average Bonchev–Trinajstić information content (AvgIpc) is 2.71. The van der Waals surface area contributed by atoms with Crippen molar-refractivity contribution in [1.82, 2.24) is 9.47 Å². The van der Waals surface area contributed by atoms with Crippen LogP contribution in [-0.4, -0.2) is 29.0 Å². The summed E-state index contributed by atoms with van der Waals surface area (Å²) >= 11 is 6.09. The van der Waals surface area contributed by atoms with E-state index in [-0.39, 0.29) is 24.6 Å². The first-order chi connectivity index (χ1) is 14.0. The largest absolute Gasteiger partial charge is 0.490 e. The van der Waals surface area contributed by atoms with Crippen LogP contribution in [0.15, 0.2) is 71.5 Å². The van der Waals surface area contributed by atoms with E-state index in [2.05, 4.69) is 0 Å². The molecule has 29 heavy (non-hydrogen) atoms. The zero-order valence-electron chi connectivity index (χ0n) is 16.5. The first-order valence-corrected chi connectivity index (χ1v) is 9.71. The summed E-state index contributed by atoms with van der Waals surface area (Å²) in [7, 11) is 1.73. The van der Waals surface area contributed by atoms with E-state index in [0.717, 1.165) is 11.1 Å². The number of benzene rings is 2. The molecule has 0 atom stereocenters. The monoisotopic (exact) mass is 410 g/mol. The Kier molecular flexibility index (Phi) is 6.73. The van der Waals surface area contributed by atoms with Crippen LogP contribution in [-0.2, 0) is 13.1 Å². The van der Waals surface area contributed by atoms with E-state index in [9.17, 15) is 9.59 Å². The lowest BCUT2D eigenvalue weighted by Gasteiger charge is -2.20. The number of hydrogen-bond acceptors (Lipinski definition) is 3. The molecule has 0 radical (unpaired) electrons. The van der Waals surface area contributed by atoms with E-state index in [1.54, 1.807) is 36.2 Å². The maximum Gasteiger partial charge on any atom is 0.270 e. The molecule has 3 rings (SSSR count). The lowest BCUT2D eigenvalue weighted by Crippen LogP contribution is -2.34. The van der Waals surface area contributed by atoms with Gasteiger partial charge in [-0.1, -0.05) is 59.6 Å². The molecule has 1 heterocycles. The van der Waals surface area contributed by atoms with Gasteiger partial charge in [0.1, 0.15) is 18.1 Å². The van der Waals surface area contributed by atoms with Gasteiger partial charge in [0.05, 0.1) is 11.6 Å². The molecule has 150 valence electrons. The van der Waals surface area contributed by atoms with Crippen molar-refractivity contribution < 1.29 is 9.53 Å². The zero-order chi connectivity index (χ0) is 20.8. The zero-order valence-corrected chi connectivity index (χ0v) is 17.2. The molecule has 1 amide bonds. The summed E-state index contributed by atoms with van der Waals surface area (Å²) in [5.41, 5.74) is 2.27. The van der Waals surface area contributed by atoms with E-state index >= 15 is 0 Å². The minimum Gasteiger partial charge on any atom is -0.490 e. The Labute approximate surface area is 175 Å². The third-order valence-corrected chi connectivity index (χ3v) is 4.88. The van der Waals surface area contributed by atoms with E-state index in [4.69, 9.17) is 16.3 Å². The van der Waals surface area contributed by atoms with Crippen LogP contribution in [0.4, 0.5) is 0 Å². The number of nitrogens with zero attached hydrogens (tertiary/aromatic N) is 2. The normalized spacial score (nSPS) is 10.6. The van der Waals surface area contributed by atoms with Crippen molar-refractivity contribution in [3.63, 3.8) is 0 Å². The first kappa shape index (κ1) is 20.7. The maximum absolute atomic E-state index is 13.0. The first-order valence-electron chi connectivity index (χ1n) is 9.34. The number of aromatic nitrogens is 1. The van der Waals surface area contributed by atoms with Gasteiger partial charge in [0.2, 0.25) is 0 Å². The number of hydrogen-bond donors (Lipinski definition) is 0. The second-order valence-electron chi connectivity index (χ2n) is 6.83. The molecule has 3 aromatic rings. The second kappa shape index (κ2) is 9.43. The fourth-order valence-corrected chi connectivity index (χ4v) is 3.17. The van der Waals surface area contributed by atoms with Crippen molar-refractivity contribution in [3.8, 4) is 5.75 Å². The van der Waals surface area contributed by atoms with Crippen LogP contribution in [0.2, 0.25) is 5.02 Å². The van der Waals surface area contributed by atoms with Gasteiger partial charge in [-0.25, -0.2) is 0 Å². The molecule has 2 aromatic carbocycles. The highest BCUT2D eigenvalue weighted by molar-refractivity contribution is 6.32. The Balaban J connectivity index is 1.72. The Bertz CT molecular complexity index is 1040. The molecule has 0 aliphatic heterocycles. The summed E-state index contributed by atoms with van der Waals surface area (Å²) in [6.07, 6.45) is 0. The number of carbonyl (C=O) groups excluding carboxylic acids is 1. The van der Waals surface area contributed by atoms with Gasteiger partial charge in [-0.15, -0.1) is 0 Å². The van der Waals surface area contributed by atoms with Gasteiger partial charge >= 0.3 is 0 Å². The Hall–Kier alpha value is -3.05. The molecule has 0 unspecified atom stereocenters. The van der Waals surface area contributed by atoms with Crippen LogP contribution in [0.3, 0.4) is 0 Å². The molecule has 0 aliphatic carbocycles. The van der Waals surface area contributed by atoms with Crippen molar-refractivity contribution in [1.29, 1.82) is 0 Å². The number of aryl methyl sites for hydroxylation is 1. The number of carbonyl (C=O) groups is 1. The summed E-state index contributed by atoms with van der Waals surface area (Å²) in [6.45, 7) is 2.93. The van der Waals surface area contributed by atoms with Gasteiger partial charge in [0.25, 0.3) is 11.5 Å². The molecule has 0 spiro atoms. The van der Waals surface area contributed by atoms with Gasteiger partial charge < -0.3 is 14.2 Å². The molecule has 0 fully saturated rings. The summed E-state index contributed by atoms with van der Waals surface area (Å²) in [5, 5.41) is 0.502. The van der Waals surface area contributed by atoms with Crippen molar-refractivity contribution in [2.45, 2.75) is 20.0 Å². The molecule has 1 aromatic heterocycles. The number of halogens is 1. The summed E-state index contributed by atoms with van der Waals surface area (Å²) in [4.78, 5) is 27.0. The summed E-state index contributed by atoms with van der Waals surface area (Å²) in [6, 6.07) is 19.8. The highest BCUT2D eigenvalue weighted by Gasteiger charge is 2.17. The van der Waals surface area contributed by atoms with Crippen LogP contribution in [0, 0.1) is 6.92 Å². The van der Waals surface area contributed by atoms with E-state index in [0.29, 0.717) is 23.0 Å². The quantitative estimate of drug-likeness (QED) is 0.587. The number of pyridine rings is 1. The number of rotatable bonds is 7. The molecular weight excluding hydrogens is 388 g/mol. The van der Waals surface area contributed by atoms with Crippen molar-refractivity contribution in [2.24, 2.45) is 0 Å². The molecule has 0 bridgehead atoms. The summed E-state index contributed by atoms with van der Waals surface area (Å²) < 4.78 is 7.12. The van der Waals surface area contributed by atoms with Gasteiger partial charge in [0, 0.05) is 19.7 Å². The van der Waals surface area contributed by atoms with E-state index in [1.165, 1.54) is 10.6 Å². The summed E-state index contributed by atoms with van der Waals surface area (Å²) in [5.74, 6) is 0.323. The van der Waals surface area contributed by atoms with Gasteiger partial charge in [-0.3, -0.25) is 9.59 Å². The number of amides is 1. The second-order valence-corrected chi connectivity index (χ2v) is 7.23. The topological polar surface area (TPSA) is 51.5 Å². The number of ether oxygens (including phenoxy) is 1. The van der Waals surface area contributed by atoms with Crippen LogP contribution in [0.1, 0.15) is 21.6 Å². The molecule has 5 nitrogen and oxygen atoms in total. The molecule has 6 heteroatoms. The Morgan fingerprint density at radius 2 is 1.76 bits per heavy atom. The molecule has 0 saturated heterocycles. The fraction of sp³-hybridized carbons (Fsp3) is 0.217. The maximum atomic E-state index is 13.0. The third-order valence-electron chi connectivity index (χ3n) is 4.56. The van der Waals surface area contributed by atoms with Crippen LogP contribution >= 0.6 is 11.6 Å². The van der Waals surface area contributed by atoms with Gasteiger partial charge in [-0.2, -0.15) is 0 Å². The molecule has 0 aliphatic rings. The lowest BCUT2D eigenvalue weighted by atomic mass is 10.1. The van der Waals surface area contributed by atoms with E-state index < -0.39 is 0 Å². The third kappa shape index (κ3) is 5.27. The fourth-order valence-electron chi connectivity index (χ4n) is 2.98. The predicted octanol–water partition coefficient (Wildman–Crippen LogP) is 4.16. The van der Waals surface area contributed by atoms with Crippen molar-refractivity contribution >= 4 is 17.5 Å². The molecule has 0 N–H and O–H groups in total. The minimum absolute atomic E-state index is 0.218. The predicted molar refractivity (Wildman–Crippen MR) is 115 cm³/mol. The number of para-hydroxylation sites is 1. The van der Waals surface area contributed by atoms with Gasteiger partial charge in [0.15, 0.2) is 0 Å². The lowest BCUT2D eigenvalue weighted by molar-refractivity contribution is 0.0771. The average molecular weight is 411 g/mol. The van der Waals surface area contributed by atoms with Gasteiger partial charge in [-0.05, 0) is 30.7 Å². The highest BCUT2D eigenvalue weighted by atomic mass is 35.5. The molecule has 0 saturated carbocycles. The minimum atomic E-state index is -0.248. The Morgan fingerprint density at radius 3 is 2.48 bits per heavy atom. The smallest absolute Gasteiger partial charge is 0.270 e. The van der Waals surface area contributed by atoms with Crippen molar-refractivity contribution in [3.05, 3.63) is 98.9 Å². The highest BCUT2D eigenvalue weighted by Crippen LogP contribution is 2.23. The molecular formula is C23H23ClN2O3. The van der Waals surface area contributed by atoms with E-state index in [1.807, 2.05) is 43.3 Å². The van der Waals surface area contributed by atoms with Crippen LogP contribution in [0.5, 0.6) is 5.75 Å². The van der Waals surface area contributed by atoms with Crippen LogP contribution < -0.4 is 10.3 Å². The Morgan fingerprint density at radius 1 is 1.03 bits per heavy atom. The SMILES string of the molecule is Cc1ccc(CN(C)C(=O)c2cccc(=O)n2CCOc2ccccc2Cl)cc1. The van der Waals surface area contributed by atoms with Crippen LogP contribution in [0.25, 0.3) is 0 Å².